The van der Waals surface area contributed by atoms with Crippen molar-refractivity contribution < 1.29 is 14.7 Å². The van der Waals surface area contributed by atoms with Crippen molar-refractivity contribution in [2.75, 3.05) is 18.4 Å². The third-order valence-corrected chi connectivity index (χ3v) is 3.66. The number of anilines is 1. The van der Waals surface area contributed by atoms with Crippen LogP contribution in [0, 0.1) is 13.8 Å². The molecule has 1 atom stereocenters. The molecule has 1 aliphatic rings. The average Bonchev–Trinajstić information content (AvgIpc) is 2.82. The van der Waals surface area contributed by atoms with E-state index in [4.69, 9.17) is 5.11 Å². The fourth-order valence-corrected chi connectivity index (χ4v) is 2.54. The van der Waals surface area contributed by atoms with Gasteiger partial charge in [0, 0.05) is 5.69 Å². The van der Waals surface area contributed by atoms with E-state index in [0.29, 0.717) is 13.0 Å². The Labute approximate surface area is 118 Å². The maximum atomic E-state index is 12.1. The van der Waals surface area contributed by atoms with Crippen molar-refractivity contribution in [3.05, 3.63) is 29.3 Å². The van der Waals surface area contributed by atoms with E-state index in [0.717, 1.165) is 23.2 Å². The van der Waals surface area contributed by atoms with Gasteiger partial charge in [-0.1, -0.05) is 12.1 Å². The Morgan fingerprint density at radius 3 is 2.85 bits per heavy atom. The Morgan fingerprint density at radius 2 is 2.15 bits per heavy atom. The molecule has 1 heterocycles. The molecule has 108 valence electrons. The van der Waals surface area contributed by atoms with E-state index < -0.39 is 12.0 Å². The molecular weight excluding hydrogens is 256 g/mol. The van der Waals surface area contributed by atoms with Crippen LogP contribution in [0.5, 0.6) is 0 Å². The second-order valence-electron chi connectivity index (χ2n) is 5.33. The molecular formula is C15H20N2O3. The molecule has 0 bridgehead atoms. The molecule has 0 saturated carbocycles. The summed E-state index contributed by atoms with van der Waals surface area (Å²) in [6.45, 7) is 4.70. The van der Waals surface area contributed by atoms with E-state index >= 15 is 0 Å². The predicted molar refractivity (Wildman–Crippen MR) is 76.8 cm³/mol. The fourth-order valence-electron chi connectivity index (χ4n) is 2.54. The Balaban J connectivity index is 1.99. The first kappa shape index (κ1) is 14.5. The third-order valence-electron chi connectivity index (χ3n) is 3.66. The van der Waals surface area contributed by atoms with Crippen molar-refractivity contribution in [1.29, 1.82) is 0 Å². The van der Waals surface area contributed by atoms with Crippen LogP contribution in [-0.4, -0.2) is 41.0 Å². The summed E-state index contributed by atoms with van der Waals surface area (Å²) in [5.74, 6) is -1.01. The van der Waals surface area contributed by atoms with E-state index in [-0.39, 0.29) is 12.5 Å². The van der Waals surface area contributed by atoms with Gasteiger partial charge in [-0.05, 0) is 50.4 Å². The molecule has 5 nitrogen and oxygen atoms in total. The van der Waals surface area contributed by atoms with Crippen molar-refractivity contribution in [2.45, 2.75) is 32.7 Å². The van der Waals surface area contributed by atoms with E-state index in [1.807, 2.05) is 32.0 Å². The quantitative estimate of drug-likeness (QED) is 0.879. The van der Waals surface area contributed by atoms with Crippen LogP contribution in [0.1, 0.15) is 24.0 Å². The van der Waals surface area contributed by atoms with Crippen molar-refractivity contribution in [3.63, 3.8) is 0 Å². The summed E-state index contributed by atoms with van der Waals surface area (Å²) in [6, 6.07) is 5.35. The van der Waals surface area contributed by atoms with Crippen LogP contribution >= 0.6 is 0 Å². The number of amides is 1. The van der Waals surface area contributed by atoms with Crippen molar-refractivity contribution in [1.82, 2.24) is 4.90 Å². The first-order valence-corrected chi connectivity index (χ1v) is 6.81. The highest BCUT2D eigenvalue weighted by Gasteiger charge is 2.31. The first-order chi connectivity index (χ1) is 9.47. The Hall–Kier alpha value is -1.88. The standard InChI is InChI=1S/C15H20N2O3/c1-10-5-6-11(2)12(8-10)16-14(18)9-17-7-3-4-13(17)15(19)20/h5-6,8,13H,3-4,7,9H2,1-2H3,(H,16,18)(H,19,20)/t13-/m1/s1. The number of carbonyl (C=O) groups excluding carboxylic acids is 1. The molecule has 2 N–H and O–H groups in total. The first-order valence-electron chi connectivity index (χ1n) is 6.81. The number of hydrogen-bond acceptors (Lipinski definition) is 3. The lowest BCUT2D eigenvalue weighted by Gasteiger charge is -2.20. The van der Waals surface area contributed by atoms with Gasteiger partial charge in [-0.25, -0.2) is 0 Å². The number of likely N-dealkylation sites (tertiary alicyclic amines) is 1. The molecule has 0 spiro atoms. The highest BCUT2D eigenvalue weighted by molar-refractivity contribution is 5.93. The van der Waals surface area contributed by atoms with Gasteiger partial charge >= 0.3 is 5.97 Å². The highest BCUT2D eigenvalue weighted by Crippen LogP contribution is 2.19. The van der Waals surface area contributed by atoms with Crippen LogP contribution in [0.3, 0.4) is 0 Å². The zero-order chi connectivity index (χ0) is 14.7. The SMILES string of the molecule is Cc1ccc(C)c(NC(=O)CN2CCC[C@@H]2C(=O)O)c1. The second kappa shape index (κ2) is 6.05. The van der Waals surface area contributed by atoms with Crippen molar-refractivity contribution in [2.24, 2.45) is 0 Å². The Bertz CT molecular complexity index is 528. The van der Waals surface area contributed by atoms with E-state index in [2.05, 4.69) is 5.32 Å². The fraction of sp³-hybridized carbons (Fsp3) is 0.467. The molecule has 1 amide bonds. The van der Waals surface area contributed by atoms with Crippen molar-refractivity contribution >= 4 is 17.6 Å². The van der Waals surface area contributed by atoms with E-state index in [9.17, 15) is 9.59 Å². The summed E-state index contributed by atoms with van der Waals surface area (Å²) in [6.07, 6.45) is 1.44. The van der Waals surface area contributed by atoms with Crippen molar-refractivity contribution in [3.8, 4) is 0 Å². The number of nitrogens with zero attached hydrogens (tertiary/aromatic N) is 1. The monoisotopic (exact) mass is 276 g/mol. The number of carboxylic acids is 1. The lowest BCUT2D eigenvalue weighted by molar-refractivity contribution is -0.142. The predicted octanol–water partition coefficient (Wildman–Crippen LogP) is 1.79. The summed E-state index contributed by atoms with van der Waals surface area (Å²) < 4.78 is 0. The Kier molecular flexibility index (Phi) is 4.39. The van der Waals surface area contributed by atoms with Gasteiger partial charge in [-0.3, -0.25) is 14.5 Å². The summed E-state index contributed by atoms with van der Waals surface area (Å²) in [5.41, 5.74) is 2.87. The minimum absolute atomic E-state index is 0.129. The van der Waals surface area contributed by atoms with Gasteiger partial charge in [-0.2, -0.15) is 0 Å². The molecule has 2 rings (SSSR count). The number of aryl methyl sites for hydroxylation is 2. The number of carboxylic acid groups (broad SMARTS) is 1. The Morgan fingerprint density at radius 1 is 1.40 bits per heavy atom. The molecule has 1 aromatic carbocycles. The summed E-state index contributed by atoms with van der Waals surface area (Å²) in [4.78, 5) is 24.9. The van der Waals surface area contributed by atoms with Crippen LogP contribution in [0.25, 0.3) is 0 Å². The molecule has 1 aliphatic heterocycles. The lowest BCUT2D eigenvalue weighted by Crippen LogP contribution is -2.41. The summed E-state index contributed by atoms with van der Waals surface area (Å²) in [5, 5.41) is 12.0. The van der Waals surface area contributed by atoms with Gasteiger partial charge in [0.2, 0.25) is 5.91 Å². The number of carbonyl (C=O) groups is 2. The zero-order valence-corrected chi connectivity index (χ0v) is 11.8. The topological polar surface area (TPSA) is 69.6 Å². The molecule has 0 aliphatic carbocycles. The molecule has 1 saturated heterocycles. The van der Waals surface area contributed by atoms with Gasteiger partial charge in [0.15, 0.2) is 0 Å². The zero-order valence-electron chi connectivity index (χ0n) is 11.8. The minimum Gasteiger partial charge on any atom is -0.480 e. The van der Waals surface area contributed by atoms with Crippen LogP contribution < -0.4 is 5.32 Å². The number of aliphatic carboxylic acids is 1. The molecule has 0 unspecified atom stereocenters. The molecule has 0 aromatic heterocycles. The molecule has 20 heavy (non-hydrogen) atoms. The minimum atomic E-state index is -0.845. The number of hydrogen-bond donors (Lipinski definition) is 2. The van der Waals surface area contributed by atoms with Gasteiger partial charge in [-0.15, -0.1) is 0 Å². The largest absolute Gasteiger partial charge is 0.480 e. The number of benzene rings is 1. The second-order valence-corrected chi connectivity index (χ2v) is 5.33. The van der Waals surface area contributed by atoms with Crippen LogP contribution in [0.2, 0.25) is 0 Å². The van der Waals surface area contributed by atoms with Gasteiger partial charge in [0.1, 0.15) is 6.04 Å². The molecule has 1 fully saturated rings. The van der Waals surface area contributed by atoms with Gasteiger partial charge < -0.3 is 10.4 Å². The lowest BCUT2D eigenvalue weighted by atomic mass is 10.1. The highest BCUT2D eigenvalue weighted by atomic mass is 16.4. The summed E-state index contributed by atoms with van der Waals surface area (Å²) in [7, 11) is 0. The molecule has 0 radical (unpaired) electrons. The smallest absolute Gasteiger partial charge is 0.320 e. The van der Waals surface area contributed by atoms with Gasteiger partial charge in [0.25, 0.3) is 0 Å². The third kappa shape index (κ3) is 3.36. The number of rotatable bonds is 4. The van der Waals surface area contributed by atoms with E-state index in [1.165, 1.54) is 0 Å². The van der Waals surface area contributed by atoms with Crippen LogP contribution in [0.4, 0.5) is 5.69 Å². The van der Waals surface area contributed by atoms with Gasteiger partial charge in [0.05, 0.1) is 6.54 Å². The summed E-state index contributed by atoms with van der Waals surface area (Å²) >= 11 is 0. The van der Waals surface area contributed by atoms with E-state index in [1.54, 1.807) is 4.90 Å². The maximum absolute atomic E-state index is 12.1. The normalized spacial score (nSPS) is 19.0. The average molecular weight is 276 g/mol. The van der Waals surface area contributed by atoms with Crippen LogP contribution in [0.15, 0.2) is 18.2 Å². The maximum Gasteiger partial charge on any atom is 0.320 e. The molecule has 5 heteroatoms. The number of nitrogens with one attached hydrogen (secondary N) is 1. The van der Waals surface area contributed by atoms with Crippen LogP contribution in [-0.2, 0) is 9.59 Å². The molecule has 1 aromatic rings.